The maximum Gasteiger partial charge on any atom is 0.422 e. The van der Waals surface area contributed by atoms with Crippen molar-refractivity contribution in [1.82, 2.24) is 0 Å². The third kappa shape index (κ3) is 4.67. The van der Waals surface area contributed by atoms with E-state index in [0.29, 0.717) is 10.5 Å². The lowest BCUT2D eigenvalue weighted by Gasteiger charge is -2.26. The van der Waals surface area contributed by atoms with Crippen LogP contribution >= 0.6 is 0 Å². The van der Waals surface area contributed by atoms with Crippen molar-refractivity contribution >= 4 is 17.6 Å². The van der Waals surface area contributed by atoms with Gasteiger partial charge in [0.05, 0.1) is 6.42 Å². The van der Waals surface area contributed by atoms with Gasteiger partial charge in [0.25, 0.3) is 0 Å². The summed E-state index contributed by atoms with van der Waals surface area (Å²) in [5.74, 6) is -12.0. The fourth-order valence-electron chi connectivity index (χ4n) is 3.78. The molecule has 0 radical (unpaired) electrons. The number of hydrogen-bond donors (Lipinski definition) is 0. The number of nitrogens with zero attached hydrogens (tertiary/aromatic N) is 1. The van der Waals surface area contributed by atoms with E-state index in [0.717, 1.165) is 0 Å². The molecular weight excluding hydrogens is 459 g/mol. The summed E-state index contributed by atoms with van der Waals surface area (Å²) < 4.78 is 101. The van der Waals surface area contributed by atoms with Crippen LogP contribution in [0.25, 0.3) is 0 Å². The monoisotopic (exact) mass is 477 g/mol. The summed E-state index contributed by atoms with van der Waals surface area (Å²) in [7, 11) is 0. The summed E-state index contributed by atoms with van der Waals surface area (Å²) in [5, 5.41) is 0. The Morgan fingerprint density at radius 2 is 1.58 bits per heavy atom. The molecule has 1 atom stereocenters. The highest BCUT2D eigenvalue weighted by Crippen LogP contribution is 2.45. The minimum absolute atomic E-state index is 0.143. The van der Waals surface area contributed by atoms with E-state index in [4.69, 9.17) is 4.74 Å². The van der Waals surface area contributed by atoms with Gasteiger partial charge < -0.3 is 9.64 Å². The zero-order valence-corrected chi connectivity index (χ0v) is 17.4. The number of anilines is 1. The molecule has 33 heavy (non-hydrogen) atoms. The van der Waals surface area contributed by atoms with Gasteiger partial charge in [0.1, 0.15) is 17.9 Å². The Bertz CT molecular complexity index is 1050. The Balaban J connectivity index is 1.96. The highest BCUT2D eigenvalue weighted by atomic mass is 19.4. The predicted octanol–water partition coefficient (Wildman–Crippen LogP) is 5.53. The van der Waals surface area contributed by atoms with Crippen molar-refractivity contribution in [2.75, 3.05) is 4.90 Å². The maximum absolute atomic E-state index is 14.6. The van der Waals surface area contributed by atoms with Crippen molar-refractivity contribution in [2.45, 2.75) is 45.5 Å². The molecule has 3 rings (SSSR count). The van der Waals surface area contributed by atoms with Gasteiger partial charge in [0.2, 0.25) is 5.91 Å². The molecule has 1 aliphatic heterocycles. The van der Waals surface area contributed by atoms with Crippen molar-refractivity contribution < 1.29 is 45.1 Å². The predicted molar refractivity (Wildman–Crippen MR) is 102 cm³/mol. The van der Waals surface area contributed by atoms with Crippen molar-refractivity contribution in [3.8, 4) is 0 Å². The lowest BCUT2D eigenvalue weighted by atomic mass is 9.89. The smallest absolute Gasteiger partial charge is 0.422 e. The molecule has 1 amide bonds. The topological polar surface area (TPSA) is 46.6 Å². The molecule has 4 nitrogen and oxygen atoms in total. The second kappa shape index (κ2) is 8.68. The Morgan fingerprint density at radius 3 is 2.09 bits per heavy atom. The first-order valence-corrected chi connectivity index (χ1v) is 9.72. The van der Waals surface area contributed by atoms with Gasteiger partial charge in [-0.25, -0.2) is 17.6 Å². The molecule has 0 aliphatic carbocycles. The van der Waals surface area contributed by atoms with Crippen LogP contribution < -0.4 is 4.90 Å². The lowest BCUT2D eigenvalue weighted by molar-refractivity contribution is -0.145. The van der Waals surface area contributed by atoms with Gasteiger partial charge in [0.15, 0.2) is 23.3 Å². The number of benzene rings is 2. The van der Waals surface area contributed by atoms with Crippen molar-refractivity contribution in [3.63, 3.8) is 0 Å². The van der Waals surface area contributed by atoms with E-state index in [1.165, 1.54) is 13.8 Å². The van der Waals surface area contributed by atoms with Crippen molar-refractivity contribution in [3.05, 3.63) is 64.7 Å². The Kier molecular flexibility index (Phi) is 6.45. The van der Waals surface area contributed by atoms with E-state index >= 15 is 0 Å². The molecule has 2 aromatic rings. The van der Waals surface area contributed by atoms with Crippen LogP contribution in [0, 0.1) is 28.7 Å². The summed E-state index contributed by atoms with van der Waals surface area (Å²) in [6.45, 7) is 2.59. The molecule has 178 valence electrons. The zero-order valence-electron chi connectivity index (χ0n) is 17.4. The van der Waals surface area contributed by atoms with Gasteiger partial charge in [-0.1, -0.05) is 44.2 Å². The Morgan fingerprint density at radius 1 is 1.03 bits per heavy atom. The van der Waals surface area contributed by atoms with Crippen LogP contribution in [0.2, 0.25) is 0 Å². The average molecular weight is 477 g/mol. The van der Waals surface area contributed by atoms with Crippen LogP contribution in [-0.2, 0) is 27.1 Å². The molecular formula is C22H18F7NO3. The molecule has 0 bridgehead atoms. The van der Waals surface area contributed by atoms with Gasteiger partial charge in [0, 0.05) is 11.5 Å². The largest absolute Gasteiger partial charge is 0.461 e. The molecule has 1 fully saturated rings. The van der Waals surface area contributed by atoms with Crippen LogP contribution in [0.3, 0.4) is 0 Å². The van der Waals surface area contributed by atoms with E-state index < -0.39 is 70.5 Å². The van der Waals surface area contributed by atoms with E-state index in [-0.39, 0.29) is 13.0 Å². The summed E-state index contributed by atoms with van der Waals surface area (Å²) in [6.07, 6.45) is -6.50. The number of carbonyl (C=O) groups is 2. The van der Waals surface area contributed by atoms with E-state index in [9.17, 15) is 40.3 Å². The summed E-state index contributed by atoms with van der Waals surface area (Å²) in [6, 6.07) is 7.15. The number of hydrogen-bond acceptors (Lipinski definition) is 3. The van der Waals surface area contributed by atoms with Gasteiger partial charge >= 0.3 is 12.1 Å². The second-order valence-corrected chi connectivity index (χ2v) is 8.24. The van der Waals surface area contributed by atoms with E-state index in [1.54, 1.807) is 30.3 Å². The minimum atomic E-state index is -5.72. The fraction of sp³-hybridized carbons (Fsp3) is 0.364. The SMILES string of the molecule is CC1(C)CC(CC(=O)OCc2ccccc2)N(c2c(F)c(F)c(C(F)(F)F)c(F)c2F)C1=O. The number of ether oxygens (including phenoxy) is 1. The molecule has 1 aliphatic rings. The molecule has 2 aromatic carbocycles. The number of alkyl halides is 3. The van der Waals surface area contributed by atoms with Crippen molar-refractivity contribution in [1.29, 1.82) is 0 Å². The standard InChI is InChI=1S/C22H18F7NO3/c1-21(2)9-12(8-13(31)33-10-11-6-4-3-5-7-11)30(20(21)32)19-17(25)15(23)14(22(27,28)29)16(24)18(19)26/h3-7,12H,8-10H2,1-2H3. The number of carbonyl (C=O) groups excluding carboxylic acids is 2. The third-order valence-corrected chi connectivity index (χ3v) is 5.32. The summed E-state index contributed by atoms with van der Waals surface area (Å²) in [4.78, 5) is 25.4. The van der Waals surface area contributed by atoms with Crippen LogP contribution in [0.1, 0.15) is 37.8 Å². The molecule has 11 heteroatoms. The first-order valence-electron chi connectivity index (χ1n) is 9.72. The van der Waals surface area contributed by atoms with Crippen LogP contribution in [0.5, 0.6) is 0 Å². The minimum Gasteiger partial charge on any atom is -0.461 e. The molecule has 1 saturated heterocycles. The van der Waals surface area contributed by atoms with Gasteiger partial charge in [-0.3, -0.25) is 9.59 Å². The quantitative estimate of drug-likeness (QED) is 0.324. The average Bonchev–Trinajstić information content (AvgIpc) is 2.94. The molecule has 0 spiro atoms. The molecule has 0 aromatic heterocycles. The second-order valence-electron chi connectivity index (χ2n) is 8.24. The zero-order chi connectivity index (χ0) is 24.7. The first-order chi connectivity index (χ1) is 15.3. The van der Waals surface area contributed by atoms with Crippen LogP contribution in [0.15, 0.2) is 30.3 Å². The third-order valence-electron chi connectivity index (χ3n) is 5.32. The lowest BCUT2D eigenvalue weighted by Crippen LogP contribution is -2.38. The van der Waals surface area contributed by atoms with Gasteiger partial charge in [-0.05, 0) is 12.0 Å². The summed E-state index contributed by atoms with van der Waals surface area (Å²) in [5.41, 5.74) is -5.05. The van der Waals surface area contributed by atoms with Gasteiger partial charge in [-0.2, -0.15) is 13.2 Å². The Hall–Kier alpha value is -3.11. The number of esters is 1. The van der Waals surface area contributed by atoms with E-state index in [1.807, 2.05) is 0 Å². The molecule has 1 unspecified atom stereocenters. The highest BCUT2D eigenvalue weighted by molar-refractivity contribution is 6.01. The first kappa shape index (κ1) is 24.5. The molecule has 1 heterocycles. The number of rotatable bonds is 5. The van der Waals surface area contributed by atoms with E-state index in [2.05, 4.69) is 0 Å². The number of halogens is 7. The molecule has 0 N–H and O–H groups in total. The van der Waals surface area contributed by atoms with Crippen LogP contribution in [0.4, 0.5) is 36.4 Å². The van der Waals surface area contributed by atoms with Gasteiger partial charge in [-0.15, -0.1) is 0 Å². The maximum atomic E-state index is 14.6. The fourth-order valence-corrected chi connectivity index (χ4v) is 3.78. The highest BCUT2D eigenvalue weighted by Gasteiger charge is 2.51. The molecule has 0 saturated carbocycles. The normalized spacial score (nSPS) is 18.0. The number of amides is 1. The van der Waals surface area contributed by atoms with Crippen molar-refractivity contribution in [2.24, 2.45) is 5.41 Å². The van der Waals surface area contributed by atoms with Crippen LogP contribution in [-0.4, -0.2) is 17.9 Å². The summed E-state index contributed by atoms with van der Waals surface area (Å²) >= 11 is 0. The Labute approximate surface area is 183 Å².